The number of methoxy groups -OCH3 is 1. The van der Waals surface area contributed by atoms with E-state index in [-0.39, 0.29) is 23.0 Å². The third-order valence-corrected chi connectivity index (χ3v) is 10.2. The lowest BCUT2D eigenvalue weighted by atomic mass is 10.1. The Balaban J connectivity index is 2.79. The zero-order chi connectivity index (χ0) is 17.7. The highest BCUT2D eigenvalue weighted by Gasteiger charge is 2.41. The van der Waals surface area contributed by atoms with Crippen LogP contribution in [0.2, 0.25) is 18.1 Å². The van der Waals surface area contributed by atoms with Gasteiger partial charge >= 0.3 is 5.97 Å². The van der Waals surface area contributed by atoms with E-state index in [1.54, 1.807) is 11.8 Å². The molecule has 0 saturated heterocycles. The number of benzene rings is 1. The molecular formula is C18H30O3SSi. The van der Waals surface area contributed by atoms with E-state index in [1.165, 1.54) is 7.11 Å². The summed E-state index contributed by atoms with van der Waals surface area (Å²) in [4.78, 5) is 13.4. The molecule has 0 radical (unpaired) electrons. The third kappa shape index (κ3) is 5.97. The number of hydrogen-bond acceptors (Lipinski definition) is 4. The van der Waals surface area contributed by atoms with Crippen LogP contribution in [-0.4, -0.2) is 33.3 Å². The normalized spacial score (nSPS) is 15.1. The van der Waals surface area contributed by atoms with Crippen LogP contribution in [-0.2, 0) is 14.0 Å². The van der Waals surface area contributed by atoms with Crippen LogP contribution in [0.15, 0.2) is 35.2 Å². The van der Waals surface area contributed by atoms with Gasteiger partial charge < -0.3 is 9.16 Å². The second-order valence-electron chi connectivity index (χ2n) is 7.34. The van der Waals surface area contributed by atoms with Crippen LogP contribution >= 0.6 is 11.8 Å². The molecule has 0 heterocycles. The molecule has 0 bridgehead atoms. The van der Waals surface area contributed by atoms with E-state index < -0.39 is 8.32 Å². The van der Waals surface area contributed by atoms with Gasteiger partial charge in [-0.1, -0.05) is 39.0 Å². The Hall–Kier alpha value is -0.783. The van der Waals surface area contributed by atoms with Crippen molar-refractivity contribution in [3.63, 3.8) is 0 Å². The van der Waals surface area contributed by atoms with Gasteiger partial charge in [0.2, 0.25) is 0 Å². The molecule has 5 heteroatoms. The van der Waals surface area contributed by atoms with Gasteiger partial charge in [-0.3, -0.25) is 4.79 Å². The average Bonchev–Trinajstić information content (AvgIpc) is 2.46. The fourth-order valence-corrected chi connectivity index (χ4v) is 4.55. The van der Waals surface area contributed by atoms with Gasteiger partial charge in [0, 0.05) is 10.6 Å². The van der Waals surface area contributed by atoms with Crippen molar-refractivity contribution in [2.75, 3.05) is 12.9 Å². The van der Waals surface area contributed by atoms with E-state index in [4.69, 9.17) is 9.16 Å². The smallest absolute Gasteiger partial charge is 0.312 e. The highest BCUT2D eigenvalue weighted by molar-refractivity contribution is 7.99. The van der Waals surface area contributed by atoms with E-state index in [0.717, 1.165) is 4.90 Å². The lowest BCUT2D eigenvalue weighted by Gasteiger charge is -2.39. The summed E-state index contributed by atoms with van der Waals surface area (Å²) in [6.07, 6.45) is -0.153. The first kappa shape index (κ1) is 20.3. The molecule has 0 saturated carbocycles. The quantitative estimate of drug-likeness (QED) is 0.393. The van der Waals surface area contributed by atoms with Crippen molar-refractivity contribution < 1.29 is 14.0 Å². The van der Waals surface area contributed by atoms with E-state index in [2.05, 4.69) is 46.0 Å². The Morgan fingerprint density at radius 1 is 1.22 bits per heavy atom. The highest BCUT2D eigenvalue weighted by atomic mass is 32.2. The van der Waals surface area contributed by atoms with Gasteiger partial charge in [0.1, 0.15) is 0 Å². The van der Waals surface area contributed by atoms with Gasteiger partial charge in [0.25, 0.3) is 0 Å². The maximum absolute atomic E-state index is 12.2. The molecule has 0 fully saturated rings. The average molecular weight is 355 g/mol. The fraction of sp³-hybridized carbons (Fsp3) is 0.611. The van der Waals surface area contributed by atoms with Crippen molar-refractivity contribution in [2.24, 2.45) is 5.92 Å². The second kappa shape index (κ2) is 8.35. The standard InChI is InChI=1S/C18H30O3SSi/c1-14(21-23(6,7)18(2,3)4)16(17(19)20-5)13-22-15-11-9-8-10-12-15/h8-12,14,16H,13H2,1-7H3. The Morgan fingerprint density at radius 2 is 1.78 bits per heavy atom. The fourth-order valence-electron chi connectivity index (χ4n) is 1.97. The van der Waals surface area contributed by atoms with Crippen LogP contribution in [0.1, 0.15) is 27.7 Å². The van der Waals surface area contributed by atoms with Gasteiger partial charge in [-0.2, -0.15) is 0 Å². The number of carbonyl (C=O) groups is 1. The van der Waals surface area contributed by atoms with E-state index >= 15 is 0 Å². The van der Waals surface area contributed by atoms with Crippen LogP contribution in [0, 0.1) is 5.92 Å². The number of carbonyl (C=O) groups excluding carboxylic acids is 1. The maximum atomic E-state index is 12.2. The van der Waals surface area contributed by atoms with Crippen LogP contribution in [0.4, 0.5) is 0 Å². The van der Waals surface area contributed by atoms with Gasteiger partial charge in [-0.05, 0) is 37.2 Å². The predicted octanol–water partition coefficient (Wildman–Crippen LogP) is 4.98. The van der Waals surface area contributed by atoms with Gasteiger partial charge in [-0.25, -0.2) is 0 Å². The second-order valence-corrected chi connectivity index (χ2v) is 13.2. The van der Waals surface area contributed by atoms with Crippen LogP contribution < -0.4 is 0 Å². The molecule has 0 amide bonds. The molecule has 0 aliphatic carbocycles. The molecule has 1 aromatic rings. The monoisotopic (exact) mass is 354 g/mol. The summed E-state index contributed by atoms with van der Waals surface area (Å²) >= 11 is 1.67. The number of rotatable bonds is 7. The summed E-state index contributed by atoms with van der Waals surface area (Å²) in [6.45, 7) is 13.0. The van der Waals surface area contributed by atoms with Crippen molar-refractivity contribution in [2.45, 2.75) is 56.8 Å². The molecule has 2 unspecified atom stereocenters. The van der Waals surface area contributed by atoms with Crippen LogP contribution in [0.25, 0.3) is 0 Å². The van der Waals surface area contributed by atoms with Crippen molar-refractivity contribution in [1.82, 2.24) is 0 Å². The van der Waals surface area contributed by atoms with Crippen molar-refractivity contribution in [3.05, 3.63) is 30.3 Å². The zero-order valence-corrected chi connectivity index (χ0v) is 17.2. The Kier molecular flexibility index (Phi) is 7.36. The Morgan fingerprint density at radius 3 is 2.26 bits per heavy atom. The lowest BCUT2D eigenvalue weighted by Crippen LogP contribution is -2.46. The minimum absolute atomic E-state index is 0.120. The predicted molar refractivity (Wildman–Crippen MR) is 100 cm³/mol. The molecule has 0 aliphatic rings. The van der Waals surface area contributed by atoms with Crippen molar-refractivity contribution >= 4 is 26.0 Å². The van der Waals surface area contributed by atoms with Crippen molar-refractivity contribution in [3.8, 4) is 0 Å². The molecule has 2 atom stereocenters. The van der Waals surface area contributed by atoms with Gasteiger partial charge in [0.05, 0.1) is 19.1 Å². The van der Waals surface area contributed by atoms with Gasteiger partial charge in [0.15, 0.2) is 8.32 Å². The highest BCUT2D eigenvalue weighted by Crippen LogP contribution is 2.38. The summed E-state index contributed by atoms with van der Waals surface area (Å²) < 4.78 is 11.4. The first-order chi connectivity index (χ1) is 10.6. The van der Waals surface area contributed by atoms with Crippen LogP contribution in [0.5, 0.6) is 0 Å². The molecule has 0 aromatic heterocycles. The van der Waals surface area contributed by atoms with E-state index in [1.807, 2.05) is 25.1 Å². The molecule has 0 spiro atoms. The molecule has 0 N–H and O–H groups in total. The largest absolute Gasteiger partial charge is 0.469 e. The summed E-state index contributed by atoms with van der Waals surface area (Å²) in [6, 6.07) is 10.1. The Bertz CT molecular complexity index is 497. The molecule has 23 heavy (non-hydrogen) atoms. The molecule has 130 valence electrons. The van der Waals surface area contributed by atoms with Crippen molar-refractivity contribution in [1.29, 1.82) is 0 Å². The summed E-state index contributed by atoms with van der Waals surface area (Å²) in [5.41, 5.74) is 0. The molecule has 1 rings (SSSR count). The Labute approximate surface area is 146 Å². The first-order valence-corrected chi connectivity index (χ1v) is 11.9. The zero-order valence-electron chi connectivity index (χ0n) is 15.4. The van der Waals surface area contributed by atoms with E-state index in [0.29, 0.717) is 5.75 Å². The number of ether oxygens (including phenoxy) is 1. The maximum Gasteiger partial charge on any atom is 0.312 e. The third-order valence-electron chi connectivity index (χ3n) is 4.53. The molecule has 1 aromatic carbocycles. The molecule has 3 nitrogen and oxygen atoms in total. The van der Waals surface area contributed by atoms with Gasteiger partial charge in [-0.15, -0.1) is 11.8 Å². The number of thioether (sulfide) groups is 1. The number of hydrogen-bond donors (Lipinski definition) is 0. The SMILES string of the molecule is COC(=O)C(CSc1ccccc1)C(C)O[Si](C)(C)C(C)(C)C. The molecular weight excluding hydrogens is 324 g/mol. The van der Waals surface area contributed by atoms with E-state index in [9.17, 15) is 4.79 Å². The number of esters is 1. The summed E-state index contributed by atoms with van der Waals surface area (Å²) in [5, 5.41) is 0.120. The summed E-state index contributed by atoms with van der Waals surface area (Å²) in [5.74, 6) is 0.200. The minimum Gasteiger partial charge on any atom is -0.469 e. The molecule has 0 aliphatic heterocycles. The topological polar surface area (TPSA) is 35.5 Å². The first-order valence-electron chi connectivity index (χ1n) is 8.02. The van der Waals surface area contributed by atoms with Crippen LogP contribution in [0.3, 0.4) is 0 Å². The summed E-state index contributed by atoms with van der Waals surface area (Å²) in [7, 11) is -0.469. The lowest BCUT2D eigenvalue weighted by molar-refractivity contribution is -0.147. The minimum atomic E-state index is -1.91.